The molecule has 1 aliphatic rings. The van der Waals surface area contributed by atoms with E-state index in [1.165, 1.54) is 35.2 Å². The van der Waals surface area contributed by atoms with E-state index in [4.69, 9.17) is 27.9 Å². The summed E-state index contributed by atoms with van der Waals surface area (Å²) < 4.78 is 18.6. The number of anilines is 1. The van der Waals surface area contributed by atoms with Crippen LogP contribution in [0.25, 0.3) is 0 Å². The molecule has 9 heteroatoms. The summed E-state index contributed by atoms with van der Waals surface area (Å²) in [5.74, 6) is -0.624. The first-order valence-electron chi connectivity index (χ1n) is 8.44. The summed E-state index contributed by atoms with van der Waals surface area (Å²) in [7, 11) is 0. The Labute approximate surface area is 171 Å². The highest BCUT2D eigenvalue weighted by atomic mass is 35.5. The predicted octanol–water partition coefficient (Wildman–Crippen LogP) is 3.73. The molecule has 1 N–H and O–H groups in total. The topological polar surface area (TPSA) is 70.1 Å². The molecule has 2 unspecified atom stereocenters. The standard InChI is InChI=1S/C19H17Cl2FN2O4/c1-11-18(26)23(19(27)24(11)14-5-3-13(22)4-6-14)9-15(25)10-28-17-8-12(20)2-7-16(17)21/h2-8,11,15,25H,9-10H2,1H3. The van der Waals surface area contributed by atoms with Crippen LogP contribution in [0.1, 0.15) is 6.92 Å². The lowest BCUT2D eigenvalue weighted by Gasteiger charge is -2.21. The Morgan fingerprint density at radius 3 is 2.54 bits per heavy atom. The first kappa shape index (κ1) is 20.4. The number of rotatable bonds is 6. The van der Waals surface area contributed by atoms with E-state index in [-0.39, 0.29) is 18.9 Å². The second-order valence-electron chi connectivity index (χ2n) is 6.29. The second-order valence-corrected chi connectivity index (χ2v) is 7.14. The zero-order valence-electron chi connectivity index (χ0n) is 14.8. The van der Waals surface area contributed by atoms with E-state index in [9.17, 15) is 19.1 Å². The van der Waals surface area contributed by atoms with E-state index in [0.717, 1.165) is 4.90 Å². The molecule has 0 aromatic heterocycles. The lowest BCUT2D eigenvalue weighted by Crippen LogP contribution is -2.40. The molecule has 6 nitrogen and oxygen atoms in total. The predicted molar refractivity (Wildman–Crippen MR) is 103 cm³/mol. The van der Waals surface area contributed by atoms with Crippen molar-refractivity contribution in [2.75, 3.05) is 18.1 Å². The first-order valence-corrected chi connectivity index (χ1v) is 9.19. The number of hydrogen-bond donors (Lipinski definition) is 1. The summed E-state index contributed by atoms with van der Waals surface area (Å²) in [5, 5.41) is 11.0. The van der Waals surface area contributed by atoms with Gasteiger partial charge in [-0.15, -0.1) is 0 Å². The summed E-state index contributed by atoms with van der Waals surface area (Å²) in [6.45, 7) is 1.12. The molecule has 2 atom stereocenters. The van der Waals surface area contributed by atoms with Crippen molar-refractivity contribution in [1.29, 1.82) is 0 Å². The number of hydrogen-bond acceptors (Lipinski definition) is 4. The molecule has 1 heterocycles. The third kappa shape index (κ3) is 4.22. The maximum Gasteiger partial charge on any atom is 0.332 e. The molecule has 1 fully saturated rings. The molecule has 0 aliphatic carbocycles. The normalized spacial score (nSPS) is 18.0. The maximum absolute atomic E-state index is 13.1. The Balaban J connectivity index is 1.66. The summed E-state index contributed by atoms with van der Waals surface area (Å²) in [4.78, 5) is 27.3. The van der Waals surface area contributed by atoms with Gasteiger partial charge in [0, 0.05) is 16.8 Å². The number of β-amino-alcohol motifs (C(OH)–C–C–N with tert-alkyl or cyclic N) is 1. The Hall–Kier alpha value is -2.35. The largest absolute Gasteiger partial charge is 0.489 e. The quantitative estimate of drug-likeness (QED) is 0.714. The molecule has 0 bridgehead atoms. The van der Waals surface area contributed by atoms with Gasteiger partial charge in [0.25, 0.3) is 5.91 Å². The Kier molecular flexibility index (Phi) is 6.07. The fraction of sp³-hybridized carbons (Fsp3) is 0.263. The Bertz CT molecular complexity index is 894. The number of benzene rings is 2. The number of halogens is 3. The highest BCUT2D eigenvalue weighted by Gasteiger charge is 2.43. The van der Waals surface area contributed by atoms with Crippen LogP contribution in [-0.4, -0.2) is 47.2 Å². The van der Waals surface area contributed by atoms with Crippen molar-refractivity contribution in [1.82, 2.24) is 4.90 Å². The van der Waals surface area contributed by atoms with Crippen LogP contribution >= 0.6 is 23.2 Å². The van der Waals surface area contributed by atoms with Gasteiger partial charge in [-0.1, -0.05) is 23.2 Å². The molecule has 1 aliphatic heterocycles. The minimum absolute atomic E-state index is 0.192. The molecule has 28 heavy (non-hydrogen) atoms. The number of aliphatic hydroxyl groups is 1. The molecule has 3 amide bonds. The van der Waals surface area contributed by atoms with E-state index >= 15 is 0 Å². The summed E-state index contributed by atoms with van der Waals surface area (Å²) in [6, 6.07) is 8.54. The highest BCUT2D eigenvalue weighted by molar-refractivity contribution is 6.34. The highest BCUT2D eigenvalue weighted by Crippen LogP contribution is 2.28. The minimum atomic E-state index is -1.14. The monoisotopic (exact) mass is 426 g/mol. The molecular weight excluding hydrogens is 410 g/mol. The molecule has 2 aromatic carbocycles. The molecule has 1 saturated heterocycles. The van der Waals surface area contributed by atoms with Crippen LogP contribution in [-0.2, 0) is 4.79 Å². The molecule has 2 aromatic rings. The molecule has 0 radical (unpaired) electrons. The smallest absolute Gasteiger partial charge is 0.332 e. The molecular formula is C19H17Cl2FN2O4. The van der Waals surface area contributed by atoms with Crippen LogP contribution in [0.4, 0.5) is 14.9 Å². The minimum Gasteiger partial charge on any atom is -0.489 e. The maximum atomic E-state index is 13.1. The van der Waals surface area contributed by atoms with Gasteiger partial charge in [-0.25, -0.2) is 9.18 Å². The van der Waals surface area contributed by atoms with Gasteiger partial charge in [-0.2, -0.15) is 0 Å². The molecule has 3 rings (SSSR count). The molecule has 0 spiro atoms. The van der Waals surface area contributed by atoms with Gasteiger partial charge in [0.1, 0.15) is 30.3 Å². The third-order valence-corrected chi connectivity index (χ3v) is 4.82. The van der Waals surface area contributed by atoms with Crippen molar-refractivity contribution in [2.24, 2.45) is 0 Å². The van der Waals surface area contributed by atoms with Crippen LogP contribution in [0, 0.1) is 5.82 Å². The zero-order valence-corrected chi connectivity index (χ0v) is 16.3. The fourth-order valence-corrected chi connectivity index (χ4v) is 3.20. The van der Waals surface area contributed by atoms with Crippen molar-refractivity contribution < 1.29 is 23.8 Å². The van der Waals surface area contributed by atoms with Gasteiger partial charge in [-0.3, -0.25) is 14.6 Å². The van der Waals surface area contributed by atoms with Crippen LogP contribution in [0.5, 0.6) is 5.75 Å². The van der Waals surface area contributed by atoms with Gasteiger partial charge < -0.3 is 9.84 Å². The lowest BCUT2D eigenvalue weighted by molar-refractivity contribution is -0.128. The van der Waals surface area contributed by atoms with Crippen molar-refractivity contribution in [3.63, 3.8) is 0 Å². The SMILES string of the molecule is CC1C(=O)N(CC(O)COc2cc(Cl)ccc2Cl)C(=O)N1c1ccc(F)cc1. The average Bonchev–Trinajstić information content (AvgIpc) is 2.87. The summed E-state index contributed by atoms with van der Waals surface area (Å²) >= 11 is 11.9. The van der Waals surface area contributed by atoms with E-state index in [1.54, 1.807) is 19.1 Å². The Morgan fingerprint density at radius 2 is 1.86 bits per heavy atom. The number of aliphatic hydroxyl groups excluding tert-OH is 1. The van der Waals surface area contributed by atoms with Crippen LogP contribution in [0.3, 0.4) is 0 Å². The van der Waals surface area contributed by atoms with Crippen molar-refractivity contribution in [2.45, 2.75) is 19.1 Å². The van der Waals surface area contributed by atoms with Crippen LogP contribution in [0.15, 0.2) is 42.5 Å². The lowest BCUT2D eigenvalue weighted by atomic mass is 10.2. The number of carbonyl (C=O) groups is 2. The van der Waals surface area contributed by atoms with Crippen LogP contribution in [0.2, 0.25) is 10.0 Å². The molecule has 0 saturated carbocycles. The first-order chi connectivity index (χ1) is 13.3. The van der Waals surface area contributed by atoms with E-state index in [0.29, 0.717) is 15.7 Å². The number of ether oxygens (including phenoxy) is 1. The van der Waals surface area contributed by atoms with Gasteiger partial charge in [0.15, 0.2) is 0 Å². The fourth-order valence-electron chi connectivity index (χ4n) is 2.87. The number of carbonyl (C=O) groups excluding carboxylic acids is 2. The average molecular weight is 427 g/mol. The number of urea groups is 1. The Morgan fingerprint density at radius 1 is 1.18 bits per heavy atom. The van der Waals surface area contributed by atoms with Crippen LogP contribution < -0.4 is 9.64 Å². The van der Waals surface area contributed by atoms with Crippen molar-refractivity contribution in [3.05, 3.63) is 58.3 Å². The molecule has 148 valence electrons. The number of amides is 3. The van der Waals surface area contributed by atoms with Gasteiger partial charge >= 0.3 is 6.03 Å². The van der Waals surface area contributed by atoms with E-state index in [2.05, 4.69) is 0 Å². The van der Waals surface area contributed by atoms with Crippen molar-refractivity contribution in [3.8, 4) is 5.75 Å². The van der Waals surface area contributed by atoms with Crippen molar-refractivity contribution >= 4 is 40.8 Å². The zero-order chi connectivity index (χ0) is 20.4. The van der Waals surface area contributed by atoms with Gasteiger partial charge in [0.05, 0.1) is 11.6 Å². The van der Waals surface area contributed by atoms with Gasteiger partial charge in [0.2, 0.25) is 0 Å². The summed E-state index contributed by atoms with van der Waals surface area (Å²) in [6.07, 6.45) is -1.14. The van der Waals surface area contributed by atoms with E-state index < -0.39 is 29.9 Å². The van der Waals surface area contributed by atoms with Gasteiger partial charge in [-0.05, 0) is 43.3 Å². The number of nitrogens with zero attached hydrogens (tertiary/aromatic N) is 2. The number of imide groups is 1. The third-order valence-electron chi connectivity index (χ3n) is 4.27. The van der Waals surface area contributed by atoms with E-state index in [1.807, 2.05) is 0 Å². The summed E-state index contributed by atoms with van der Waals surface area (Å²) in [5.41, 5.74) is 0.395. The second kappa shape index (κ2) is 8.34.